The maximum Gasteiger partial charge on any atom is 0.490 e. The van der Waals surface area contributed by atoms with Gasteiger partial charge in [0.15, 0.2) is 0 Å². The molecule has 0 saturated heterocycles. The third-order valence-electron chi connectivity index (χ3n) is 3.62. The van der Waals surface area contributed by atoms with Gasteiger partial charge >= 0.3 is 18.1 Å². The standard InChI is InChI=1S/C20H13NO2.C2HF3O2/c22-20(23)18-8-4-7-16(10-9-15-5-2-1-3-6-15)19(18)17-11-13-21-14-12-17;3-2(4,5)1(6)7/h1-8,11-14H,(H,22,23);(H,6,7). The molecule has 0 spiro atoms. The number of carbonyl (C=O) groups is 2. The second kappa shape index (κ2) is 9.89. The Morgan fingerprint density at radius 1 is 0.833 bits per heavy atom. The molecular weight excluding hydrogens is 399 g/mol. The summed E-state index contributed by atoms with van der Waals surface area (Å²) in [5, 5.41) is 16.6. The fourth-order valence-corrected chi connectivity index (χ4v) is 2.33. The van der Waals surface area contributed by atoms with E-state index >= 15 is 0 Å². The summed E-state index contributed by atoms with van der Waals surface area (Å²) in [5.41, 5.74) is 3.20. The molecule has 0 unspecified atom stereocenters. The summed E-state index contributed by atoms with van der Waals surface area (Å²) in [6.45, 7) is 0. The lowest BCUT2D eigenvalue weighted by molar-refractivity contribution is -0.192. The van der Waals surface area contributed by atoms with Gasteiger partial charge in [0.05, 0.1) is 5.56 Å². The predicted octanol–water partition coefficient (Wildman–Crippen LogP) is 4.48. The summed E-state index contributed by atoms with van der Waals surface area (Å²) in [6.07, 6.45) is -1.80. The molecule has 2 aromatic carbocycles. The van der Waals surface area contributed by atoms with E-state index in [1.54, 1.807) is 36.7 Å². The highest BCUT2D eigenvalue weighted by molar-refractivity contribution is 5.97. The molecule has 30 heavy (non-hydrogen) atoms. The lowest BCUT2D eigenvalue weighted by atomic mass is 9.95. The molecule has 0 amide bonds. The van der Waals surface area contributed by atoms with Crippen LogP contribution in [0.5, 0.6) is 0 Å². The van der Waals surface area contributed by atoms with Gasteiger partial charge in [0.2, 0.25) is 0 Å². The van der Waals surface area contributed by atoms with E-state index in [9.17, 15) is 23.1 Å². The normalized spacial score (nSPS) is 10.1. The predicted molar refractivity (Wildman–Crippen MR) is 103 cm³/mol. The molecule has 5 nitrogen and oxygen atoms in total. The molecule has 3 rings (SSSR count). The van der Waals surface area contributed by atoms with Gasteiger partial charge < -0.3 is 10.2 Å². The van der Waals surface area contributed by atoms with Gasteiger partial charge in [-0.05, 0) is 42.0 Å². The fourth-order valence-electron chi connectivity index (χ4n) is 2.33. The van der Waals surface area contributed by atoms with Crippen LogP contribution < -0.4 is 0 Å². The number of nitrogens with zero attached hydrogens (tertiary/aromatic N) is 1. The van der Waals surface area contributed by atoms with E-state index in [4.69, 9.17) is 9.90 Å². The molecule has 8 heteroatoms. The Balaban J connectivity index is 0.000000396. The molecule has 2 N–H and O–H groups in total. The van der Waals surface area contributed by atoms with E-state index in [0.29, 0.717) is 11.1 Å². The van der Waals surface area contributed by atoms with E-state index in [-0.39, 0.29) is 5.56 Å². The van der Waals surface area contributed by atoms with Crippen molar-refractivity contribution >= 4 is 11.9 Å². The fraction of sp³-hybridized carbons (Fsp3) is 0.0455. The highest BCUT2D eigenvalue weighted by Crippen LogP contribution is 2.27. The minimum absolute atomic E-state index is 0.232. The smallest absolute Gasteiger partial charge is 0.478 e. The summed E-state index contributed by atoms with van der Waals surface area (Å²) in [7, 11) is 0. The van der Waals surface area contributed by atoms with E-state index in [2.05, 4.69) is 16.8 Å². The van der Waals surface area contributed by atoms with Crippen LogP contribution >= 0.6 is 0 Å². The Kier molecular flexibility index (Phi) is 7.31. The first-order valence-electron chi connectivity index (χ1n) is 8.34. The van der Waals surface area contributed by atoms with Gasteiger partial charge in [-0.3, -0.25) is 4.98 Å². The topological polar surface area (TPSA) is 87.5 Å². The number of pyridine rings is 1. The van der Waals surface area contributed by atoms with Crippen molar-refractivity contribution in [2.24, 2.45) is 0 Å². The minimum Gasteiger partial charge on any atom is -0.478 e. The molecule has 152 valence electrons. The van der Waals surface area contributed by atoms with E-state index < -0.39 is 18.1 Å². The van der Waals surface area contributed by atoms with Crippen LogP contribution in [-0.2, 0) is 4.79 Å². The number of carboxylic acid groups (broad SMARTS) is 2. The Bertz CT molecular complexity index is 1090. The summed E-state index contributed by atoms with van der Waals surface area (Å²) >= 11 is 0. The first-order chi connectivity index (χ1) is 14.2. The summed E-state index contributed by atoms with van der Waals surface area (Å²) in [4.78, 5) is 24.4. The van der Waals surface area contributed by atoms with Crippen LogP contribution in [0.1, 0.15) is 21.5 Å². The third kappa shape index (κ3) is 6.21. The summed E-state index contributed by atoms with van der Waals surface area (Å²) < 4.78 is 31.7. The lowest BCUT2D eigenvalue weighted by Crippen LogP contribution is -2.21. The van der Waals surface area contributed by atoms with Crippen molar-refractivity contribution in [3.63, 3.8) is 0 Å². The highest BCUT2D eigenvalue weighted by atomic mass is 19.4. The van der Waals surface area contributed by atoms with Crippen molar-refractivity contribution in [1.82, 2.24) is 4.98 Å². The number of benzene rings is 2. The molecule has 0 fully saturated rings. The van der Waals surface area contributed by atoms with Crippen LogP contribution in [0.2, 0.25) is 0 Å². The second-order valence-electron chi connectivity index (χ2n) is 5.69. The Labute approximate surface area is 169 Å². The van der Waals surface area contributed by atoms with Crippen molar-refractivity contribution in [3.05, 3.63) is 89.7 Å². The number of carboxylic acids is 2. The number of aromatic carboxylic acids is 1. The van der Waals surface area contributed by atoms with Crippen molar-refractivity contribution in [2.45, 2.75) is 6.18 Å². The minimum atomic E-state index is -5.08. The molecule has 1 heterocycles. The van der Waals surface area contributed by atoms with Gasteiger partial charge in [0.1, 0.15) is 0 Å². The van der Waals surface area contributed by atoms with E-state index in [1.807, 2.05) is 36.4 Å². The average Bonchev–Trinajstić information content (AvgIpc) is 2.73. The van der Waals surface area contributed by atoms with Crippen LogP contribution in [0.3, 0.4) is 0 Å². The molecular formula is C22H14F3NO4. The number of aliphatic carboxylic acids is 1. The molecule has 0 bridgehead atoms. The number of aromatic nitrogens is 1. The van der Waals surface area contributed by atoms with E-state index in [1.165, 1.54) is 0 Å². The van der Waals surface area contributed by atoms with Crippen LogP contribution in [0, 0.1) is 11.8 Å². The van der Waals surface area contributed by atoms with Crippen molar-refractivity contribution in [2.75, 3.05) is 0 Å². The number of rotatable bonds is 2. The molecule has 0 radical (unpaired) electrons. The summed E-state index contributed by atoms with van der Waals surface area (Å²) in [6, 6.07) is 18.3. The zero-order valence-electron chi connectivity index (χ0n) is 15.2. The van der Waals surface area contributed by atoms with Gasteiger partial charge in [-0.2, -0.15) is 13.2 Å². The van der Waals surface area contributed by atoms with Gasteiger partial charge in [0, 0.05) is 29.1 Å². The Hall–Kier alpha value is -4.12. The number of hydrogen-bond acceptors (Lipinski definition) is 3. The maximum absolute atomic E-state index is 11.6. The van der Waals surface area contributed by atoms with Crippen LogP contribution in [0.15, 0.2) is 73.1 Å². The molecule has 0 saturated carbocycles. The molecule has 0 aliphatic heterocycles. The zero-order valence-corrected chi connectivity index (χ0v) is 15.2. The third-order valence-corrected chi connectivity index (χ3v) is 3.62. The van der Waals surface area contributed by atoms with Crippen molar-refractivity contribution in [3.8, 4) is 23.0 Å². The van der Waals surface area contributed by atoms with Crippen LogP contribution in [0.25, 0.3) is 11.1 Å². The highest BCUT2D eigenvalue weighted by Gasteiger charge is 2.38. The molecule has 0 aliphatic carbocycles. The molecule has 0 atom stereocenters. The molecule has 0 aliphatic rings. The SMILES string of the molecule is O=C(O)C(F)(F)F.O=C(O)c1cccc(C#Cc2ccccc2)c1-c1ccncc1. The van der Waals surface area contributed by atoms with Gasteiger partial charge in [-0.15, -0.1) is 0 Å². The van der Waals surface area contributed by atoms with Gasteiger partial charge in [-0.25, -0.2) is 9.59 Å². The molecule has 1 aromatic heterocycles. The number of halogens is 3. The first kappa shape index (κ1) is 22.2. The quantitative estimate of drug-likeness (QED) is 0.605. The number of hydrogen-bond donors (Lipinski definition) is 2. The van der Waals surface area contributed by atoms with Crippen molar-refractivity contribution in [1.29, 1.82) is 0 Å². The Morgan fingerprint density at radius 2 is 1.43 bits per heavy atom. The number of alkyl halides is 3. The maximum atomic E-state index is 11.6. The molecule has 3 aromatic rings. The zero-order chi connectivity index (χ0) is 22.1. The average molecular weight is 413 g/mol. The van der Waals surface area contributed by atoms with Crippen LogP contribution in [-0.4, -0.2) is 33.3 Å². The Morgan fingerprint density at radius 3 is 1.97 bits per heavy atom. The summed E-state index contributed by atoms with van der Waals surface area (Å²) in [5.74, 6) is 2.44. The monoisotopic (exact) mass is 413 g/mol. The lowest BCUT2D eigenvalue weighted by Gasteiger charge is -2.08. The van der Waals surface area contributed by atoms with Crippen LogP contribution in [0.4, 0.5) is 13.2 Å². The van der Waals surface area contributed by atoms with Gasteiger partial charge in [0.25, 0.3) is 0 Å². The van der Waals surface area contributed by atoms with E-state index in [0.717, 1.165) is 11.1 Å². The van der Waals surface area contributed by atoms with Crippen molar-refractivity contribution < 1.29 is 33.0 Å². The second-order valence-corrected chi connectivity index (χ2v) is 5.69. The van der Waals surface area contributed by atoms with Gasteiger partial charge in [-0.1, -0.05) is 36.1 Å². The first-order valence-corrected chi connectivity index (χ1v) is 8.34. The largest absolute Gasteiger partial charge is 0.490 e.